The van der Waals surface area contributed by atoms with Crippen molar-refractivity contribution in [2.45, 2.75) is 70.1 Å². The first kappa shape index (κ1) is 20.7. The van der Waals surface area contributed by atoms with Crippen molar-refractivity contribution in [3.8, 4) is 0 Å². The van der Waals surface area contributed by atoms with E-state index in [2.05, 4.69) is 21.8 Å². The Balaban J connectivity index is 1.67. The number of aryl methyl sites for hydroxylation is 1. The molecule has 3 rings (SSSR count). The van der Waals surface area contributed by atoms with Crippen LogP contribution in [0.3, 0.4) is 0 Å². The third-order valence-electron chi connectivity index (χ3n) is 5.09. The Hall–Kier alpha value is -2.02. The van der Waals surface area contributed by atoms with E-state index in [0.717, 1.165) is 35.6 Å². The highest BCUT2D eigenvalue weighted by Crippen LogP contribution is 2.25. The van der Waals surface area contributed by atoms with Crippen LogP contribution in [-0.2, 0) is 16.1 Å². The number of imidazole rings is 1. The molecule has 1 aromatic carbocycles. The highest BCUT2D eigenvalue weighted by molar-refractivity contribution is 7.99. The molecule has 1 amide bonds. The molecule has 1 N–H and O–H groups in total. The number of ether oxygens (including phenoxy) is 1. The molecule has 0 atom stereocenters. The second kappa shape index (κ2) is 9.96. The van der Waals surface area contributed by atoms with Gasteiger partial charge >= 0.3 is 5.97 Å². The van der Waals surface area contributed by atoms with Crippen LogP contribution in [0.4, 0.5) is 0 Å². The third kappa shape index (κ3) is 5.07. The number of benzene rings is 1. The molecule has 2 aromatic rings. The van der Waals surface area contributed by atoms with Gasteiger partial charge in [0, 0.05) is 12.6 Å². The Labute approximate surface area is 170 Å². The van der Waals surface area contributed by atoms with Crippen molar-refractivity contribution >= 4 is 34.7 Å². The lowest BCUT2D eigenvalue weighted by molar-refractivity contribution is -0.119. The van der Waals surface area contributed by atoms with Gasteiger partial charge in [-0.2, -0.15) is 0 Å². The van der Waals surface area contributed by atoms with Gasteiger partial charge in [-0.1, -0.05) is 37.4 Å². The average Bonchev–Trinajstić information content (AvgIpc) is 2.84. The van der Waals surface area contributed by atoms with E-state index in [0.29, 0.717) is 24.0 Å². The van der Waals surface area contributed by atoms with E-state index >= 15 is 0 Å². The smallest absolute Gasteiger partial charge is 0.338 e. The van der Waals surface area contributed by atoms with E-state index in [9.17, 15) is 9.59 Å². The number of fused-ring (bicyclic) bond motifs is 1. The fourth-order valence-corrected chi connectivity index (χ4v) is 4.58. The normalized spacial score (nSPS) is 15.4. The number of aromatic nitrogens is 2. The lowest BCUT2D eigenvalue weighted by Gasteiger charge is -2.16. The standard InChI is InChI=1S/C21H29N3O3S/c1-3-24-18-12-11-15(20(26)27-4-2)13-17(18)23-21(24)28-14-19(25)22-16-9-7-5-6-8-10-16/h11-13,16H,3-10,14H2,1-2H3,(H,22,25). The Morgan fingerprint density at radius 2 is 1.96 bits per heavy atom. The van der Waals surface area contributed by atoms with Crippen LogP contribution in [0.15, 0.2) is 23.4 Å². The number of nitrogens with zero attached hydrogens (tertiary/aromatic N) is 2. The molecule has 1 aromatic heterocycles. The summed E-state index contributed by atoms with van der Waals surface area (Å²) >= 11 is 1.45. The fourth-order valence-electron chi connectivity index (χ4n) is 3.69. The predicted molar refractivity (Wildman–Crippen MR) is 112 cm³/mol. The number of hydrogen-bond donors (Lipinski definition) is 1. The number of rotatable bonds is 7. The topological polar surface area (TPSA) is 73.2 Å². The maximum absolute atomic E-state index is 12.4. The van der Waals surface area contributed by atoms with Crippen molar-refractivity contribution in [1.82, 2.24) is 14.9 Å². The summed E-state index contributed by atoms with van der Waals surface area (Å²) in [5, 5.41) is 3.98. The van der Waals surface area contributed by atoms with Gasteiger partial charge in [0.25, 0.3) is 0 Å². The molecule has 28 heavy (non-hydrogen) atoms. The van der Waals surface area contributed by atoms with E-state index in [1.54, 1.807) is 19.1 Å². The summed E-state index contributed by atoms with van der Waals surface area (Å²) in [6.45, 7) is 4.94. The largest absolute Gasteiger partial charge is 0.462 e. The third-order valence-corrected chi connectivity index (χ3v) is 6.07. The molecular weight excluding hydrogens is 374 g/mol. The van der Waals surface area contributed by atoms with Gasteiger partial charge in [0.2, 0.25) is 5.91 Å². The van der Waals surface area contributed by atoms with Gasteiger partial charge in [0.15, 0.2) is 5.16 Å². The monoisotopic (exact) mass is 403 g/mol. The molecule has 0 bridgehead atoms. The first-order chi connectivity index (χ1) is 13.6. The Morgan fingerprint density at radius 1 is 1.21 bits per heavy atom. The lowest BCUT2D eigenvalue weighted by atomic mass is 10.1. The molecule has 152 valence electrons. The van der Waals surface area contributed by atoms with Gasteiger partial charge in [0.05, 0.1) is 29.0 Å². The summed E-state index contributed by atoms with van der Waals surface area (Å²) in [4.78, 5) is 29.0. The zero-order valence-electron chi connectivity index (χ0n) is 16.7. The molecule has 0 aliphatic heterocycles. The van der Waals surface area contributed by atoms with Crippen molar-refractivity contribution in [3.05, 3.63) is 23.8 Å². The van der Waals surface area contributed by atoms with Crippen molar-refractivity contribution in [1.29, 1.82) is 0 Å². The summed E-state index contributed by atoms with van der Waals surface area (Å²) in [7, 11) is 0. The second-order valence-electron chi connectivity index (χ2n) is 7.11. The quantitative estimate of drug-likeness (QED) is 0.427. The van der Waals surface area contributed by atoms with Crippen molar-refractivity contribution < 1.29 is 14.3 Å². The van der Waals surface area contributed by atoms with Crippen LogP contribution in [0.25, 0.3) is 11.0 Å². The van der Waals surface area contributed by atoms with Gasteiger partial charge in [-0.05, 0) is 44.9 Å². The molecule has 0 saturated heterocycles. The predicted octanol–water partition coefficient (Wildman–Crippen LogP) is 4.16. The van der Waals surface area contributed by atoms with Gasteiger partial charge in [-0.25, -0.2) is 9.78 Å². The molecule has 0 radical (unpaired) electrons. The van der Waals surface area contributed by atoms with E-state index in [1.165, 1.54) is 37.4 Å². The van der Waals surface area contributed by atoms with E-state index < -0.39 is 0 Å². The molecule has 0 spiro atoms. The minimum Gasteiger partial charge on any atom is -0.462 e. The number of hydrogen-bond acceptors (Lipinski definition) is 5. The summed E-state index contributed by atoms with van der Waals surface area (Å²) < 4.78 is 7.15. The van der Waals surface area contributed by atoms with E-state index in [-0.39, 0.29) is 11.9 Å². The van der Waals surface area contributed by atoms with Crippen LogP contribution >= 0.6 is 11.8 Å². The number of nitrogens with one attached hydrogen (secondary N) is 1. The van der Waals surface area contributed by atoms with Crippen LogP contribution in [0.2, 0.25) is 0 Å². The van der Waals surface area contributed by atoms with E-state index in [4.69, 9.17) is 4.74 Å². The second-order valence-corrected chi connectivity index (χ2v) is 8.05. The van der Waals surface area contributed by atoms with Gasteiger partial charge in [-0.3, -0.25) is 4.79 Å². The first-order valence-electron chi connectivity index (χ1n) is 10.2. The van der Waals surface area contributed by atoms with Crippen LogP contribution in [-0.4, -0.2) is 39.8 Å². The molecule has 1 saturated carbocycles. The van der Waals surface area contributed by atoms with Crippen molar-refractivity contribution in [2.24, 2.45) is 0 Å². The highest BCUT2D eigenvalue weighted by atomic mass is 32.2. The summed E-state index contributed by atoms with van der Waals surface area (Å²) in [6, 6.07) is 5.73. The Bertz CT molecular complexity index is 826. The summed E-state index contributed by atoms with van der Waals surface area (Å²) in [5.41, 5.74) is 2.21. The molecule has 1 aliphatic carbocycles. The molecular formula is C21H29N3O3S. The minimum absolute atomic E-state index is 0.0684. The number of esters is 1. The molecule has 0 unspecified atom stereocenters. The molecule has 1 heterocycles. The fraction of sp³-hybridized carbons (Fsp3) is 0.571. The maximum atomic E-state index is 12.4. The number of thioether (sulfide) groups is 1. The summed E-state index contributed by atoms with van der Waals surface area (Å²) in [6.07, 6.45) is 7.12. The van der Waals surface area contributed by atoms with Crippen LogP contribution < -0.4 is 5.32 Å². The van der Waals surface area contributed by atoms with Gasteiger partial charge in [0.1, 0.15) is 0 Å². The maximum Gasteiger partial charge on any atom is 0.338 e. The van der Waals surface area contributed by atoms with Crippen molar-refractivity contribution in [2.75, 3.05) is 12.4 Å². The SMILES string of the molecule is CCOC(=O)c1ccc2c(c1)nc(SCC(=O)NC1CCCCCC1)n2CC. The Kier molecular flexibility index (Phi) is 7.36. The summed E-state index contributed by atoms with van der Waals surface area (Å²) in [5.74, 6) is 0.0798. The van der Waals surface area contributed by atoms with E-state index in [1.807, 2.05) is 6.07 Å². The number of carbonyl (C=O) groups excluding carboxylic acids is 2. The van der Waals surface area contributed by atoms with Crippen molar-refractivity contribution in [3.63, 3.8) is 0 Å². The first-order valence-corrected chi connectivity index (χ1v) is 11.2. The number of carbonyl (C=O) groups is 2. The van der Waals surface area contributed by atoms with Crippen LogP contribution in [0.5, 0.6) is 0 Å². The van der Waals surface area contributed by atoms with Crippen LogP contribution in [0.1, 0.15) is 62.7 Å². The molecule has 6 nitrogen and oxygen atoms in total. The average molecular weight is 404 g/mol. The van der Waals surface area contributed by atoms with Crippen LogP contribution in [0, 0.1) is 0 Å². The zero-order chi connectivity index (χ0) is 19.9. The highest BCUT2D eigenvalue weighted by Gasteiger charge is 2.17. The van der Waals surface area contributed by atoms with Gasteiger partial charge < -0.3 is 14.6 Å². The van der Waals surface area contributed by atoms with Gasteiger partial charge in [-0.15, -0.1) is 0 Å². The molecule has 1 fully saturated rings. The number of amides is 1. The molecule has 1 aliphatic rings. The zero-order valence-corrected chi connectivity index (χ0v) is 17.5. The molecule has 7 heteroatoms. The Morgan fingerprint density at radius 3 is 2.64 bits per heavy atom. The minimum atomic E-state index is -0.340. The lowest BCUT2D eigenvalue weighted by Crippen LogP contribution is -2.35.